The molecule has 0 saturated heterocycles. The van der Waals surface area contributed by atoms with Gasteiger partial charge in [-0.15, -0.1) is 0 Å². The van der Waals surface area contributed by atoms with Gasteiger partial charge < -0.3 is 24.9 Å². The van der Waals surface area contributed by atoms with Gasteiger partial charge in [0.2, 0.25) is 0 Å². The molecule has 0 aromatic carbocycles. The monoisotopic (exact) mass is 196 g/mol. The van der Waals surface area contributed by atoms with Gasteiger partial charge in [0.05, 0.1) is 13.2 Å². The van der Waals surface area contributed by atoms with Gasteiger partial charge in [-0.25, -0.2) is 0 Å². The van der Waals surface area contributed by atoms with E-state index < -0.39 is 6.16 Å². The summed E-state index contributed by atoms with van der Waals surface area (Å²) in [6, 6.07) is 0. The first-order valence-electron chi connectivity index (χ1n) is 2.71. The third kappa shape index (κ3) is 66.2. The molecule has 0 aromatic heterocycles. The molecule has 12 heavy (non-hydrogen) atoms. The summed E-state index contributed by atoms with van der Waals surface area (Å²) in [5.41, 5.74) is 0. The zero-order valence-electron chi connectivity index (χ0n) is 7.70. The van der Waals surface area contributed by atoms with Gasteiger partial charge in [-0.05, 0) is 13.1 Å². The van der Waals surface area contributed by atoms with E-state index in [0.717, 1.165) is 0 Å². The maximum absolute atomic E-state index is 8.33. The number of carboxylic acid groups (broad SMARTS) is 2. The Kier molecular flexibility index (Phi) is 44.0. The number of carbonyl (C=O) groups excluding carboxylic acids is 1. The number of hydrogen-bond donors (Lipinski definition) is 1. The molecule has 0 heterocycles. The Labute approximate surface area is 116 Å². The van der Waals surface area contributed by atoms with Crippen LogP contribution in [-0.2, 0) is 4.74 Å². The summed E-state index contributed by atoms with van der Waals surface area (Å²) in [5.74, 6) is 0. The molecule has 0 spiro atoms. The van der Waals surface area contributed by atoms with E-state index in [2.05, 4.69) is 0 Å². The fourth-order valence-electron chi connectivity index (χ4n) is 0.209. The molecule has 0 aromatic rings. The van der Waals surface area contributed by atoms with E-state index in [4.69, 9.17) is 24.9 Å². The number of ether oxygens (including phenoxy) is 1. The van der Waals surface area contributed by atoms with Crippen molar-refractivity contribution in [3.05, 3.63) is 0 Å². The summed E-state index contributed by atoms with van der Waals surface area (Å²) in [6.07, 6.45) is -2.33. The number of aliphatic hydroxyl groups is 1. The first-order valence-corrected chi connectivity index (χ1v) is 2.71. The molecule has 0 aliphatic rings. The largest absolute Gasteiger partial charge is 1.00 e. The Morgan fingerprint density at radius 1 is 1.42 bits per heavy atom. The molecule has 0 fully saturated rings. The van der Waals surface area contributed by atoms with Crippen molar-refractivity contribution in [2.75, 3.05) is 19.8 Å². The summed E-state index contributed by atoms with van der Waals surface area (Å²) >= 11 is 0. The van der Waals surface area contributed by atoms with Crippen molar-refractivity contribution < 1.29 is 84.0 Å². The Morgan fingerprint density at radius 3 is 1.83 bits per heavy atom. The summed E-state index contributed by atoms with van der Waals surface area (Å²) in [5, 5.41) is 24.7. The smallest absolute Gasteiger partial charge is 0.652 e. The van der Waals surface area contributed by atoms with E-state index >= 15 is 0 Å². The van der Waals surface area contributed by atoms with Crippen LogP contribution in [0.1, 0.15) is 6.92 Å². The molecule has 0 aliphatic carbocycles. The molecule has 0 radical (unpaired) electrons. The standard InChI is InChI=1S/C4H10O2.CH2O3.2Na/c1-2-6-4-3-5;2-1(3)4;;/h5H,2-4H2,1H3;(H2,2,3,4);;/q;;2*+1/p-2. The SMILES string of the molecule is CCOCCO.O=C([O-])[O-].[Na+].[Na+]. The van der Waals surface area contributed by atoms with Crippen LogP contribution in [0.2, 0.25) is 0 Å². The van der Waals surface area contributed by atoms with Crippen LogP contribution in [-0.4, -0.2) is 31.1 Å². The van der Waals surface area contributed by atoms with Gasteiger partial charge >= 0.3 is 59.1 Å². The molecule has 0 aliphatic heterocycles. The van der Waals surface area contributed by atoms with E-state index in [1.54, 1.807) is 0 Å². The number of hydrogen-bond acceptors (Lipinski definition) is 5. The molecule has 0 atom stereocenters. The minimum Gasteiger partial charge on any atom is -0.652 e. The molecule has 0 bridgehead atoms. The van der Waals surface area contributed by atoms with Crippen molar-refractivity contribution in [2.45, 2.75) is 6.92 Å². The first kappa shape index (κ1) is 23.2. The average Bonchev–Trinajstić information content (AvgIpc) is 1.82. The van der Waals surface area contributed by atoms with Crippen molar-refractivity contribution in [1.29, 1.82) is 0 Å². The normalized spacial score (nSPS) is 6.50. The molecule has 5 nitrogen and oxygen atoms in total. The van der Waals surface area contributed by atoms with Crippen molar-refractivity contribution in [1.82, 2.24) is 0 Å². The molecule has 0 amide bonds. The summed E-state index contributed by atoms with van der Waals surface area (Å²) in [4.78, 5) is 8.33. The van der Waals surface area contributed by atoms with Gasteiger partial charge in [-0.2, -0.15) is 0 Å². The molecular formula is C5H10Na2O5. The fourth-order valence-corrected chi connectivity index (χ4v) is 0.209. The molecule has 0 saturated carbocycles. The van der Waals surface area contributed by atoms with Crippen LogP contribution in [0.5, 0.6) is 0 Å². The summed E-state index contributed by atoms with van der Waals surface area (Å²) in [6.45, 7) is 3.20. The Balaban J connectivity index is -0.0000000483. The number of carbonyl (C=O) groups is 1. The van der Waals surface area contributed by atoms with Gasteiger partial charge in [0.1, 0.15) is 0 Å². The van der Waals surface area contributed by atoms with E-state index in [0.29, 0.717) is 13.2 Å². The van der Waals surface area contributed by atoms with E-state index in [-0.39, 0.29) is 65.7 Å². The van der Waals surface area contributed by atoms with Crippen LogP contribution in [0.3, 0.4) is 0 Å². The van der Waals surface area contributed by atoms with Crippen molar-refractivity contribution in [3.8, 4) is 0 Å². The average molecular weight is 196 g/mol. The molecule has 1 N–H and O–H groups in total. The molecule has 62 valence electrons. The quantitative estimate of drug-likeness (QED) is 0.357. The zero-order valence-corrected chi connectivity index (χ0v) is 11.7. The van der Waals surface area contributed by atoms with Crippen molar-refractivity contribution in [3.63, 3.8) is 0 Å². The molecule has 7 heteroatoms. The van der Waals surface area contributed by atoms with E-state index in [1.807, 2.05) is 6.92 Å². The molecule has 0 rings (SSSR count). The van der Waals surface area contributed by atoms with Crippen LogP contribution < -0.4 is 69.3 Å². The number of aliphatic hydroxyl groups excluding tert-OH is 1. The second-order valence-corrected chi connectivity index (χ2v) is 1.17. The maximum atomic E-state index is 8.33. The Bertz CT molecular complexity index is 72.2. The first-order chi connectivity index (χ1) is 4.65. The predicted molar refractivity (Wildman–Crippen MR) is 29.0 cm³/mol. The predicted octanol–water partition coefficient (Wildman–Crippen LogP) is -8.42. The second kappa shape index (κ2) is 22.8. The van der Waals surface area contributed by atoms with Crippen molar-refractivity contribution in [2.24, 2.45) is 0 Å². The van der Waals surface area contributed by atoms with Crippen molar-refractivity contribution >= 4 is 6.16 Å². The molecular weight excluding hydrogens is 186 g/mol. The Hall–Kier alpha value is 1.19. The van der Waals surface area contributed by atoms with E-state index in [1.165, 1.54) is 0 Å². The van der Waals surface area contributed by atoms with Crippen LogP contribution in [0.25, 0.3) is 0 Å². The maximum Gasteiger partial charge on any atom is 1.00 e. The van der Waals surface area contributed by atoms with Crippen LogP contribution in [0.15, 0.2) is 0 Å². The van der Waals surface area contributed by atoms with Crippen LogP contribution in [0.4, 0.5) is 4.79 Å². The van der Waals surface area contributed by atoms with Crippen LogP contribution in [0, 0.1) is 0 Å². The summed E-state index contributed by atoms with van der Waals surface area (Å²) in [7, 11) is 0. The number of rotatable bonds is 3. The van der Waals surface area contributed by atoms with Gasteiger partial charge in [-0.1, -0.05) is 0 Å². The van der Waals surface area contributed by atoms with Gasteiger partial charge in [0, 0.05) is 6.61 Å². The summed E-state index contributed by atoms with van der Waals surface area (Å²) < 4.78 is 4.73. The molecule has 0 unspecified atom stereocenters. The second-order valence-electron chi connectivity index (χ2n) is 1.17. The van der Waals surface area contributed by atoms with Crippen LogP contribution >= 0.6 is 0 Å². The minimum absolute atomic E-state index is 0. The minimum atomic E-state index is -2.33. The zero-order chi connectivity index (χ0) is 8.41. The third-order valence-corrected chi connectivity index (χ3v) is 0.440. The van der Waals surface area contributed by atoms with Gasteiger partial charge in [-0.3, -0.25) is 0 Å². The third-order valence-electron chi connectivity index (χ3n) is 0.440. The van der Waals surface area contributed by atoms with Gasteiger partial charge in [0.15, 0.2) is 0 Å². The van der Waals surface area contributed by atoms with E-state index in [9.17, 15) is 0 Å². The van der Waals surface area contributed by atoms with Gasteiger partial charge in [0.25, 0.3) is 0 Å². The topological polar surface area (TPSA) is 92.7 Å². The fraction of sp³-hybridized carbons (Fsp3) is 0.800. The Morgan fingerprint density at radius 2 is 1.75 bits per heavy atom.